The van der Waals surface area contributed by atoms with Crippen LogP contribution in [0.5, 0.6) is 0 Å². The number of benzene rings is 1. The second-order valence-corrected chi connectivity index (χ2v) is 5.35. The van der Waals surface area contributed by atoms with Gasteiger partial charge in [0.05, 0.1) is 11.3 Å². The summed E-state index contributed by atoms with van der Waals surface area (Å²) in [5.74, 6) is 0. The summed E-state index contributed by atoms with van der Waals surface area (Å²) >= 11 is 3.37. The van der Waals surface area contributed by atoms with Crippen LogP contribution in [-0.2, 0) is 0 Å². The van der Waals surface area contributed by atoms with Crippen molar-refractivity contribution < 1.29 is 0 Å². The van der Waals surface area contributed by atoms with E-state index >= 15 is 0 Å². The van der Waals surface area contributed by atoms with E-state index in [4.69, 9.17) is 5.26 Å². The first kappa shape index (κ1) is 14.0. The van der Waals surface area contributed by atoms with Gasteiger partial charge >= 0.3 is 0 Å². The highest BCUT2D eigenvalue weighted by atomic mass is 79.9. The number of nitrogens with zero attached hydrogens (tertiary/aromatic N) is 2. The van der Waals surface area contributed by atoms with Crippen LogP contribution in [-0.4, -0.2) is 31.6 Å². The minimum Gasteiger partial charge on any atom is -0.381 e. The molecule has 1 aromatic carbocycles. The smallest absolute Gasteiger partial charge is 0.101 e. The molecule has 0 saturated carbocycles. The summed E-state index contributed by atoms with van der Waals surface area (Å²) in [6.07, 6.45) is 1.05. The highest BCUT2D eigenvalue weighted by Crippen LogP contribution is 2.21. The van der Waals surface area contributed by atoms with E-state index in [0.29, 0.717) is 11.6 Å². The average molecular weight is 296 g/mol. The fourth-order valence-electron chi connectivity index (χ4n) is 1.52. The molecule has 0 fully saturated rings. The molecule has 1 atom stereocenters. The van der Waals surface area contributed by atoms with Gasteiger partial charge in [-0.1, -0.05) is 15.9 Å². The summed E-state index contributed by atoms with van der Waals surface area (Å²) in [7, 11) is 4.13. The molecule has 4 heteroatoms. The second-order valence-electron chi connectivity index (χ2n) is 4.44. The molecule has 0 radical (unpaired) electrons. The molecule has 0 spiro atoms. The van der Waals surface area contributed by atoms with Gasteiger partial charge in [-0.05, 0) is 52.2 Å². The highest BCUT2D eigenvalue weighted by Gasteiger charge is 2.07. The normalized spacial score (nSPS) is 12.2. The minimum atomic E-state index is 0.352. The van der Waals surface area contributed by atoms with E-state index < -0.39 is 0 Å². The van der Waals surface area contributed by atoms with Crippen LogP contribution >= 0.6 is 15.9 Å². The van der Waals surface area contributed by atoms with E-state index in [2.05, 4.69) is 53.2 Å². The van der Waals surface area contributed by atoms with Crippen LogP contribution in [0.15, 0.2) is 22.7 Å². The maximum Gasteiger partial charge on any atom is 0.101 e. The quantitative estimate of drug-likeness (QED) is 0.907. The highest BCUT2D eigenvalue weighted by molar-refractivity contribution is 9.10. The predicted molar refractivity (Wildman–Crippen MR) is 75.1 cm³/mol. The Morgan fingerprint density at radius 1 is 1.47 bits per heavy atom. The Balaban J connectivity index is 2.65. The van der Waals surface area contributed by atoms with Gasteiger partial charge in [0.1, 0.15) is 6.07 Å². The third-order valence-corrected chi connectivity index (χ3v) is 3.01. The molecule has 3 nitrogen and oxygen atoms in total. The maximum absolute atomic E-state index is 9.05. The zero-order valence-electron chi connectivity index (χ0n) is 10.5. The van der Waals surface area contributed by atoms with Crippen LogP contribution in [0.3, 0.4) is 0 Å². The van der Waals surface area contributed by atoms with E-state index in [9.17, 15) is 0 Å². The Morgan fingerprint density at radius 3 is 2.76 bits per heavy atom. The van der Waals surface area contributed by atoms with Crippen molar-refractivity contribution in [1.29, 1.82) is 5.26 Å². The van der Waals surface area contributed by atoms with Crippen LogP contribution < -0.4 is 5.32 Å². The van der Waals surface area contributed by atoms with Crippen molar-refractivity contribution in [3.8, 4) is 6.07 Å². The van der Waals surface area contributed by atoms with Crippen molar-refractivity contribution in [3.63, 3.8) is 0 Å². The van der Waals surface area contributed by atoms with E-state index in [1.54, 1.807) is 0 Å². The third kappa shape index (κ3) is 4.76. The fraction of sp³-hybridized carbons (Fsp3) is 0.462. The molecule has 92 valence electrons. The average Bonchev–Trinajstić information content (AvgIpc) is 2.28. The molecule has 0 heterocycles. The largest absolute Gasteiger partial charge is 0.381 e. The van der Waals surface area contributed by atoms with Crippen molar-refractivity contribution in [3.05, 3.63) is 28.2 Å². The lowest BCUT2D eigenvalue weighted by molar-refractivity contribution is 0.390. The lowest BCUT2D eigenvalue weighted by atomic mass is 10.1. The fourth-order valence-corrected chi connectivity index (χ4v) is 1.89. The number of halogens is 1. The summed E-state index contributed by atoms with van der Waals surface area (Å²) in [6, 6.07) is 8.28. The topological polar surface area (TPSA) is 39.1 Å². The van der Waals surface area contributed by atoms with Gasteiger partial charge in [-0.3, -0.25) is 0 Å². The molecule has 1 unspecified atom stereocenters. The van der Waals surface area contributed by atoms with Gasteiger partial charge in [0.2, 0.25) is 0 Å². The van der Waals surface area contributed by atoms with Gasteiger partial charge in [-0.15, -0.1) is 0 Å². The maximum atomic E-state index is 9.05. The number of nitrogens with one attached hydrogen (secondary N) is 1. The van der Waals surface area contributed by atoms with Gasteiger partial charge in [0, 0.05) is 10.5 Å². The molecule has 0 saturated heterocycles. The van der Waals surface area contributed by atoms with E-state index in [-0.39, 0.29) is 0 Å². The first-order chi connectivity index (χ1) is 8.02. The second kappa shape index (κ2) is 6.63. The van der Waals surface area contributed by atoms with Gasteiger partial charge in [0.25, 0.3) is 0 Å². The third-order valence-electron chi connectivity index (χ3n) is 2.51. The van der Waals surface area contributed by atoms with Gasteiger partial charge < -0.3 is 10.2 Å². The Bertz CT molecular complexity index is 410. The molecular formula is C13H18BrN3. The number of hydrogen-bond acceptors (Lipinski definition) is 3. The van der Waals surface area contributed by atoms with Crippen molar-refractivity contribution in [2.45, 2.75) is 19.4 Å². The van der Waals surface area contributed by atoms with Crippen molar-refractivity contribution in [2.24, 2.45) is 0 Å². The number of nitriles is 1. The molecule has 0 amide bonds. The molecule has 1 rings (SSSR count). The van der Waals surface area contributed by atoms with Crippen LogP contribution in [0.2, 0.25) is 0 Å². The van der Waals surface area contributed by atoms with Crippen molar-refractivity contribution in [1.82, 2.24) is 4.90 Å². The molecule has 0 aliphatic carbocycles. The lowest BCUT2D eigenvalue weighted by Crippen LogP contribution is -2.23. The van der Waals surface area contributed by atoms with Gasteiger partial charge in [-0.25, -0.2) is 0 Å². The number of hydrogen-bond donors (Lipinski definition) is 1. The van der Waals surface area contributed by atoms with Gasteiger partial charge in [0.15, 0.2) is 0 Å². The Kier molecular flexibility index (Phi) is 5.46. The Labute approximate surface area is 112 Å². The lowest BCUT2D eigenvalue weighted by Gasteiger charge is -2.18. The Hall–Kier alpha value is -1.05. The van der Waals surface area contributed by atoms with Crippen LogP contribution in [0.1, 0.15) is 18.9 Å². The van der Waals surface area contributed by atoms with E-state index in [0.717, 1.165) is 23.1 Å². The summed E-state index contributed by atoms with van der Waals surface area (Å²) in [5.41, 5.74) is 1.58. The van der Waals surface area contributed by atoms with Gasteiger partial charge in [-0.2, -0.15) is 5.26 Å². The first-order valence-electron chi connectivity index (χ1n) is 5.64. The van der Waals surface area contributed by atoms with Crippen LogP contribution in [0.25, 0.3) is 0 Å². The zero-order chi connectivity index (χ0) is 12.8. The monoisotopic (exact) mass is 295 g/mol. The molecule has 0 bridgehead atoms. The van der Waals surface area contributed by atoms with E-state index in [1.807, 2.05) is 18.2 Å². The van der Waals surface area contributed by atoms with Crippen molar-refractivity contribution in [2.75, 3.05) is 26.0 Å². The number of rotatable bonds is 5. The molecule has 0 aliphatic rings. The summed E-state index contributed by atoms with van der Waals surface area (Å²) in [6.45, 7) is 3.17. The molecule has 0 aliphatic heterocycles. The molecule has 1 aromatic rings. The molecule has 0 aromatic heterocycles. The predicted octanol–water partition coefficient (Wildman–Crippen LogP) is 3.07. The van der Waals surface area contributed by atoms with Crippen LogP contribution in [0, 0.1) is 11.3 Å². The SMILES string of the molecule is CC(CCN(C)C)Nc1ccc(Br)cc1C#N. The Morgan fingerprint density at radius 2 is 2.18 bits per heavy atom. The standard InChI is InChI=1S/C13H18BrN3/c1-10(6-7-17(2)3)16-13-5-4-12(14)8-11(13)9-15/h4-5,8,10,16H,6-7H2,1-3H3. The summed E-state index contributed by atoms with van der Waals surface area (Å²) in [5, 5.41) is 12.4. The summed E-state index contributed by atoms with van der Waals surface area (Å²) in [4.78, 5) is 2.16. The van der Waals surface area contributed by atoms with Crippen molar-refractivity contribution >= 4 is 21.6 Å². The van der Waals surface area contributed by atoms with E-state index in [1.165, 1.54) is 0 Å². The zero-order valence-corrected chi connectivity index (χ0v) is 12.1. The molecular weight excluding hydrogens is 278 g/mol. The number of anilines is 1. The summed E-state index contributed by atoms with van der Waals surface area (Å²) < 4.78 is 0.931. The molecule has 17 heavy (non-hydrogen) atoms. The first-order valence-corrected chi connectivity index (χ1v) is 6.43. The molecule has 1 N–H and O–H groups in total. The van der Waals surface area contributed by atoms with Crippen LogP contribution in [0.4, 0.5) is 5.69 Å². The minimum absolute atomic E-state index is 0.352.